The predicted molar refractivity (Wildman–Crippen MR) is 104 cm³/mol. The zero-order valence-electron chi connectivity index (χ0n) is 16.5. The van der Waals surface area contributed by atoms with Gasteiger partial charge in [-0.2, -0.15) is 0 Å². The van der Waals surface area contributed by atoms with Gasteiger partial charge in [0, 0.05) is 44.7 Å². The van der Waals surface area contributed by atoms with Crippen LogP contribution in [0.15, 0.2) is 28.8 Å². The van der Waals surface area contributed by atoms with Gasteiger partial charge >= 0.3 is 0 Å². The van der Waals surface area contributed by atoms with Gasteiger partial charge in [0.1, 0.15) is 11.5 Å². The van der Waals surface area contributed by atoms with Crippen molar-refractivity contribution in [1.82, 2.24) is 15.0 Å². The minimum atomic E-state index is 0.233. The van der Waals surface area contributed by atoms with Crippen LogP contribution in [0.4, 0.5) is 0 Å². The highest BCUT2D eigenvalue weighted by Gasteiger charge is 2.21. The van der Waals surface area contributed by atoms with Gasteiger partial charge < -0.3 is 14.2 Å². The average Bonchev–Trinajstić information content (AvgIpc) is 2.88. The number of nitrogens with zero attached hydrogens (tertiary/aromatic N) is 3. The number of rotatable bonds is 6. The first-order chi connectivity index (χ1) is 13.1. The van der Waals surface area contributed by atoms with E-state index in [1.165, 1.54) is 5.56 Å². The number of benzene rings is 1. The minimum Gasteiger partial charge on any atom is -0.497 e. The summed E-state index contributed by atoms with van der Waals surface area (Å²) < 4.78 is 10.5. The van der Waals surface area contributed by atoms with E-state index in [1.807, 2.05) is 43.0 Å². The molecule has 0 radical (unpaired) electrons. The number of ether oxygens (including phenoxy) is 1. The van der Waals surface area contributed by atoms with Crippen LogP contribution in [0.25, 0.3) is 0 Å². The van der Waals surface area contributed by atoms with Gasteiger partial charge in [-0.05, 0) is 44.4 Å². The molecule has 0 bridgehead atoms. The van der Waals surface area contributed by atoms with Crippen molar-refractivity contribution in [3.05, 3.63) is 46.8 Å². The second-order valence-electron chi connectivity index (χ2n) is 7.16. The number of amides is 1. The SMILES string of the molecule is COc1cccc(CCC(=O)N2CCCN(Cc3c(C)noc3C)CC2)c1. The van der Waals surface area contributed by atoms with Crippen LogP contribution in [-0.4, -0.2) is 54.2 Å². The highest BCUT2D eigenvalue weighted by atomic mass is 16.5. The van der Waals surface area contributed by atoms with Crippen LogP contribution >= 0.6 is 0 Å². The van der Waals surface area contributed by atoms with E-state index in [0.29, 0.717) is 6.42 Å². The standard InChI is InChI=1S/C21H29N3O3/c1-16-20(17(2)27-22-16)15-23-10-5-11-24(13-12-23)21(25)9-8-18-6-4-7-19(14-18)26-3/h4,6-7,14H,5,8-13,15H2,1-3H3. The van der Waals surface area contributed by atoms with Crippen LogP contribution in [0.3, 0.4) is 0 Å². The van der Waals surface area contributed by atoms with Crippen LogP contribution in [0.2, 0.25) is 0 Å². The summed E-state index contributed by atoms with van der Waals surface area (Å²) in [4.78, 5) is 17.1. The Hall–Kier alpha value is -2.34. The summed E-state index contributed by atoms with van der Waals surface area (Å²) in [6.07, 6.45) is 2.28. The van der Waals surface area contributed by atoms with E-state index in [9.17, 15) is 4.79 Å². The van der Waals surface area contributed by atoms with Crippen LogP contribution in [0.1, 0.15) is 35.4 Å². The van der Waals surface area contributed by atoms with Crippen molar-refractivity contribution in [3.8, 4) is 5.75 Å². The normalized spacial score (nSPS) is 15.6. The van der Waals surface area contributed by atoms with E-state index in [1.54, 1.807) is 7.11 Å². The first-order valence-corrected chi connectivity index (χ1v) is 9.61. The lowest BCUT2D eigenvalue weighted by Gasteiger charge is -2.22. The van der Waals surface area contributed by atoms with Crippen LogP contribution in [0.5, 0.6) is 5.75 Å². The molecule has 2 aromatic rings. The lowest BCUT2D eigenvalue weighted by molar-refractivity contribution is -0.131. The fraction of sp³-hybridized carbons (Fsp3) is 0.524. The second kappa shape index (κ2) is 9.04. The Bertz CT molecular complexity index is 752. The van der Waals surface area contributed by atoms with E-state index in [2.05, 4.69) is 10.1 Å². The van der Waals surface area contributed by atoms with E-state index < -0.39 is 0 Å². The molecule has 1 aromatic carbocycles. The number of methoxy groups -OCH3 is 1. The molecular weight excluding hydrogens is 342 g/mol. The van der Waals surface area contributed by atoms with Gasteiger partial charge in [0.2, 0.25) is 5.91 Å². The molecule has 6 nitrogen and oxygen atoms in total. The molecule has 1 aliphatic rings. The monoisotopic (exact) mass is 371 g/mol. The Morgan fingerprint density at radius 1 is 1.22 bits per heavy atom. The number of aromatic nitrogens is 1. The number of aryl methyl sites for hydroxylation is 3. The van der Waals surface area contributed by atoms with Gasteiger partial charge in [0.05, 0.1) is 12.8 Å². The molecule has 0 atom stereocenters. The van der Waals surface area contributed by atoms with E-state index in [-0.39, 0.29) is 5.91 Å². The molecule has 1 fully saturated rings. The quantitative estimate of drug-likeness (QED) is 0.781. The molecule has 6 heteroatoms. The summed E-state index contributed by atoms with van der Waals surface area (Å²) in [6, 6.07) is 7.94. The lowest BCUT2D eigenvalue weighted by Crippen LogP contribution is -2.35. The molecule has 2 heterocycles. The number of carbonyl (C=O) groups is 1. The Balaban J connectivity index is 1.50. The third-order valence-corrected chi connectivity index (χ3v) is 5.27. The molecule has 0 N–H and O–H groups in total. The van der Waals surface area contributed by atoms with Crippen molar-refractivity contribution in [1.29, 1.82) is 0 Å². The van der Waals surface area contributed by atoms with Gasteiger partial charge in [-0.1, -0.05) is 17.3 Å². The molecule has 0 unspecified atom stereocenters. The lowest BCUT2D eigenvalue weighted by atomic mass is 10.1. The maximum atomic E-state index is 12.7. The fourth-order valence-electron chi connectivity index (χ4n) is 3.57. The van der Waals surface area contributed by atoms with Crippen molar-refractivity contribution in [2.75, 3.05) is 33.3 Å². The second-order valence-corrected chi connectivity index (χ2v) is 7.16. The van der Waals surface area contributed by atoms with Crippen molar-refractivity contribution in [2.45, 2.75) is 39.7 Å². The summed E-state index contributed by atoms with van der Waals surface area (Å²) in [7, 11) is 1.66. The first kappa shape index (κ1) is 19.4. The van der Waals surface area contributed by atoms with E-state index in [4.69, 9.17) is 9.26 Å². The minimum absolute atomic E-state index is 0.233. The molecule has 1 amide bonds. The smallest absolute Gasteiger partial charge is 0.222 e. The molecule has 3 rings (SSSR count). The summed E-state index contributed by atoms with van der Waals surface area (Å²) in [5.41, 5.74) is 3.27. The molecule has 1 aromatic heterocycles. The largest absolute Gasteiger partial charge is 0.497 e. The van der Waals surface area contributed by atoms with Crippen molar-refractivity contribution >= 4 is 5.91 Å². The summed E-state index contributed by atoms with van der Waals surface area (Å²) >= 11 is 0. The molecule has 27 heavy (non-hydrogen) atoms. The highest BCUT2D eigenvalue weighted by Crippen LogP contribution is 2.17. The van der Waals surface area contributed by atoms with Gasteiger partial charge in [-0.25, -0.2) is 0 Å². The van der Waals surface area contributed by atoms with Gasteiger partial charge in [-0.3, -0.25) is 9.69 Å². The maximum absolute atomic E-state index is 12.7. The van der Waals surface area contributed by atoms with Crippen molar-refractivity contribution < 1.29 is 14.1 Å². The molecule has 0 aliphatic carbocycles. The highest BCUT2D eigenvalue weighted by molar-refractivity contribution is 5.76. The zero-order valence-corrected chi connectivity index (χ0v) is 16.5. The van der Waals surface area contributed by atoms with E-state index >= 15 is 0 Å². The average molecular weight is 371 g/mol. The van der Waals surface area contributed by atoms with Crippen molar-refractivity contribution in [3.63, 3.8) is 0 Å². The number of carbonyl (C=O) groups excluding carboxylic acids is 1. The number of hydrogen-bond donors (Lipinski definition) is 0. The molecule has 0 saturated carbocycles. The summed E-state index contributed by atoms with van der Waals surface area (Å²) in [5, 5.41) is 4.04. The third-order valence-electron chi connectivity index (χ3n) is 5.27. The topological polar surface area (TPSA) is 58.8 Å². The summed E-state index contributed by atoms with van der Waals surface area (Å²) in [6.45, 7) is 8.26. The maximum Gasteiger partial charge on any atom is 0.222 e. The first-order valence-electron chi connectivity index (χ1n) is 9.61. The van der Waals surface area contributed by atoms with Gasteiger partial charge in [0.25, 0.3) is 0 Å². The van der Waals surface area contributed by atoms with Gasteiger partial charge in [0.15, 0.2) is 0 Å². The Labute approximate surface area is 161 Å². The Morgan fingerprint density at radius 2 is 2.07 bits per heavy atom. The van der Waals surface area contributed by atoms with Crippen molar-refractivity contribution in [2.24, 2.45) is 0 Å². The molecule has 0 spiro atoms. The number of hydrogen-bond acceptors (Lipinski definition) is 5. The predicted octanol–water partition coefficient (Wildman–Crippen LogP) is 2.97. The molecule has 146 valence electrons. The fourth-order valence-corrected chi connectivity index (χ4v) is 3.57. The molecule has 1 aliphatic heterocycles. The van der Waals surface area contributed by atoms with Crippen LogP contribution in [0, 0.1) is 13.8 Å². The molecule has 1 saturated heterocycles. The van der Waals surface area contributed by atoms with Gasteiger partial charge in [-0.15, -0.1) is 0 Å². The summed E-state index contributed by atoms with van der Waals surface area (Å²) in [5.74, 6) is 1.96. The van der Waals surface area contributed by atoms with Crippen LogP contribution in [-0.2, 0) is 17.8 Å². The Morgan fingerprint density at radius 3 is 2.81 bits per heavy atom. The van der Waals surface area contributed by atoms with Crippen LogP contribution < -0.4 is 4.74 Å². The third kappa shape index (κ3) is 5.10. The van der Waals surface area contributed by atoms with E-state index in [0.717, 1.165) is 68.3 Å². The zero-order chi connectivity index (χ0) is 19.2. The molecular formula is C21H29N3O3. The Kier molecular flexibility index (Phi) is 6.50.